The van der Waals surface area contributed by atoms with Crippen LogP contribution < -0.4 is 10.9 Å². The first kappa shape index (κ1) is 22.9. The van der Waals surface area contributed by atoms with Crippen molar-refractivity contribution in [2.75, 3.05) is 5.32 Å². The topological polar surface area (TPSA) is 76.9 Å². The molecule has 0 atom stereocenters. The summed E-state index contributed by atoms with van der Waals surface area (Å²) in [7, 11) is 0. The summed E-state index contributed by atoms with van der Waals surface area (Å²) < 4.78 is 1.58. The summed E-state index contributed by atoms with van der Waals surface area (Å²) in [5, 5.41) is 2.92. The van der Waals surface area contributed by atoms with Crippen molar-refractivity contribution in [3.8, 4) is 5.69 Å². The zero-order valence-corrected chi connectivity index (χ0v) is 19.8. The summed E-state index contributed by atoms with van der Waals surface area (Å²) in [6.07, 6.45) is 5.95. The van der Waals surface area contributed by atoms with Crippen molar-refractivity contribution in [2.45, 2.75) is 13.3 Å². The molecule has 1 N–H and O–H groups in total. The van der Waals surface area contributed by atoms with Crippen LogP contribution in [0.1, 0.15) is 34.1 Å². The molecule has 6 nitrogen and oxygen atoms in total. The number of nitrogens with one attached hydrogen (secondary N) is 1. The standard InChI is InChI=1S/C30H24N4O2/c1-2-8-21-11-6-12-23(19-21)29(35)32-24-14-16-25(17-15-24)34-28-26(13-7-18-31-28)33-27(30(34)36)20-22-9-4-3-5-10-22/h2-19H,20H2,1H3,(H,32,35)/b8-2+. The molecule has 0 saturated carbocycles. The van der Waals surface area contributed by atoms with Crippen molar-refractivity contribution in [1.29, 1.82) is 0 Å². The predicted molar refractivity (Wildman–Crippen MR) is 143 cm³/mol. The average molecular weight is 473 g/mol. The van der Waals surface area contributed by atoms with E-state index in [0.29, 0.717) is 40.2 Å². The van der Waals surface area contributed by atoms with E-state index in [1.807, 2.05) is 73.7 Å². The van der Waals surface area contributed by atoms with E-state index in [9.17, 15) is 9.59 Å². The molecule has 0 radical (unpaired) electrons. The van der Waals surface area contributed by atoms with E-state index >= 15 is 0 Å². The number of hydrogen-bond acceptors (Lipinski definition) is 4. The highest BCUT2D eigenvalue weighted by atomic mass is 16.1. The quantitative estimate of drug-likeness (QED) is 0.346. The highest BCUT2D eigenvalue weighted by Gasteiger charge is 2.14. The van der Waals surface area contributed by atoms with Crippen LogP contribution in [0.3, 0.4) is 0 Å². The van der Waals surface area contributed by atoms with Crippen LogP contribution in [0.2, 0.25) is 0 Å². The van der Waals surface area contributed by atoms with Gasteiger partial charge in [0, 0.05) is 23.9 Å². The van der Waals surface area contributed by atoms with Crippen LogP contribution in [0.5, 0.6) is 0 Å². The number of amides is 1. The fourth-order valence-corrected chi connectivity index (χ4v) is 4.08. The van der Waals surface area contributed by atoms with E-state index in [0.717, 1.165) is 11.1 Å². The molecule has 0 unspecified atom stereocenters. The molecule has 0 bridgehead atoms. The summed E-state index contributed by atoms with van der Waals surface area (Å²) >= 11 is 0. The zero-order chi connectivity index (χ0) is 24.9. The second kappa shape index (κ2) is 10.2. The Bertz CT molecular complexity index is 1620. The van der Waals surface area contributed by atoms with E-state index in [1.54, 1.807) is 47.2 Å². The van der Waals surface area contributed by atoms with Gasteiger partial charge in [-0.15, -0.1) is 0 Å². The number of anilines is 1. The van der Waals surface area contributed by atoms with Gasteiger partial charge >= 0.3 is 0 Å². The normalized spacial score (nSPS) is 11.1. The van der Waals surface area contributed by atoms with Gasteiger partial charge in [0.05, 0.1) is 5.69 Å². The van der Waals surface area contributed by atoms with E-state index in [1.165, 1.54) is 0 Å². The minimum Gasteiger partial charge on any atom is -0.322 e. The molecule has 1 amide bonds. The molecule has 0 aliphatic carbocycles. The third-order valence-corrected chi connectivity index (χ3v) is 5.79. The first-order valence-electron chi connectivity index (χ1n) is 11.7. The Hall–Kier alpha value is -4.84. The summed E-state index contributed by atoms with van der Waals surface area (Å²) in [5.74, 6) is -0.201. The number of allylic oxidation sites excluding steroid dienone is 1. The zero-order valence-electron chi connectivity index (χ0n) is 19.8. The van der Waals surface area contributed by atoms with Crippen LogP contribution in [0.25, 0.3) is 22.9 Å². The number of hydrogen-bond donors (Lipinski definition) is 1. The smallest absolute Gasteiger partial charge is 0.278 e. The number of carbonyl (C=O) groups excluding carboxylic acids is 1. The van der Waals surface area contributed by atoms with Crippen molar-refractivity contribution < 1.29 is 4.79 Å². The summed E-state index contributed by atoms with van der Waals surface area (Å²) in [6, 6.07) is 28.0. The number of benzene rings is 3. The molecule has 6 heteroatoms. The van der Waals surface area contributed by atoms with E-state index in [4.69, 9.17) is 0 Å². The van der Waals surface area contributed by atoms with Gasteiger partial charge in [-0.3, -0.25) is 14.2 Å². The van der Waals surface area contributed by atoms with Crippen LogP contribution in [-0.2, 0) is 6.42 Å². The Labute approximate surface area is 208 Å². The van der Waals surface area contributed by atoms with Crippen LogP contribution in [0.4, 0.5) is 5.69 Å². The van der Waals surface area contributed by atoms with Gasteiger partial charge in [0.15, 0.2) is 5.65 Å². The second-order valence-corrected chi connectivity index (χ2v) is 8.33. The Morgan fingerprint density at radius 3 is 2.53 bits per heavy atom. The number of carbonyl (C=O) groups is 1. The van der Waals surface area contributed by atoms with Crippen LogP contribution in [0, 0.1) is 0 Å². The van der Waals surface area contributed by atoms with Crippen molar-refractivity contribution >= 4 is 28.8 Å². The maximum Gasteiger partial charge on any atom is 0.278 e. The molecule has 0 saturated heterocycles. The second-order valence-electron chi connectivity index (χ2n) is 8.33. The molecular formula is C30H24N4O2. The van der Waals surface area contributed by atoms with Gasteiger partial charge < -0.3 is 5.32 Å². The molecule has 0 aliphatic rings. The lowest BCUT2D eigenvalue weighted by atomic mass is 10.1. The van der Waals surface area contributed by atoms with Gasteiger partial charge in [-0.1, -0.05) is 54.6 Å². The Morgan fingerprint density at radius 1 is 0.944 bits per heavy atom. The fourth-order valence-electron chi connectivity index (χ4n) is 4.08. The number of aromatic nitrogens is 3. The lowest BCUT2D eigenvalue weighted by molar-refractivity contribution is 0.102. The van der Waals surface area contributed by atoms with Gasteiger partial charge in [-0.05, 0) is 66.6 Å². The number of pyridine rings is 1. The van der Waals surface area contributed by atoms with E-state index < -0.39 is 0 Å². The SMILES string of the molecule is C/C=C/c1cccc(C(=O)Nc2ccc(-n3c(=O)c(Cc4ccccc4)nc4cccnc43)cc2)c1. The third kappa shape index (κ3) is 4.83. The molecule has 176 valence electrons. The lowest BCUT2D eigenvalue weighted by Crippen LogP contribution is -2.25. The van der Waals surface area contributed by atoms with Crippen molar-refractivity contribution in [3.05, 3.63) is 136 Å². The Morgan fingerprint density at radius 2 is 1.75 bits per heavy atom. The van der Waals surface area contributed by atoms with Crippen molar-refractivity contribution in [1.82, 2.24) is 14.5 Å². The highest BCUT2D eigenvalue weighted by Crippen LogP contribution is 2.18. The molecule has 5 aromatic rings. The van der Waals surface area contributed by atoms with Crippen LogP contribution in [-0.4, -0.2) is 20.4 Å². The molecule has 2 heterocycles. The Balaban J connectivity index is 1.47. The summed E-state index contributed by atoms with van der Waals surface area (Å²) in [4.78, 5) is 35.3. The van der Waals surface area contributed by atoms with Gasteiger partial charge in [-0.2, -0.15) is 0 Å². The number of fused-ring (bicyclic) bond motifs is 1. The minimum atomic E-state index is -0.220. The van der Waals surface area contributed by atoms with Crippen LogP contribution >= 0.6 is 0 Å². The average Bonchev–Trinajstić information content (AvgIpc) is 2.91. The fraction of sp³-hybridized carbons (Fsp3) is 0.0667. The van der Waals surface area contributed by atoms with Crippen molar-refractivity contribution in [3.63, 3.8) is 0 Å². The molecule has 0 fully saturated rings. The van der Waals surface area contributed by atoms with Crippen LogP contribution in [0.15, 0.2) is 108 Å². The maximum atomic E-state index is 13.5. The lowest BCUT2D eigenvalue weighted by Gasteiger charge is -2.13. The first-order valence-corrected chi connectivity index (χ1v) is 11.7. The molecule has 36 heavy (non-hydrogen) atoms. The number of rotatable bonds is 6. The number of nitrogens with zero attached hydrogens (tertiary/aromatic N) is 3. The molecule has 3 aromatic carbocycles. The molecule has 0 aliphatic heterocycles. The van der Waals surface area contributed by atoms with Crippen molar-refractivity contribution in [2.24, 2.45) is 0 Å². The van der Waals surface area contributed by atoms with Gasteiger partial charge in [0.25, 0.3) is 11.5 Å². The largest absolute Gasteiger partial charge is 0.322 e. The van der Waals surface area contributed by atoms with E-state index in [-0.39, 0.29) is 11.5 Å². The van der Waals surface area contributed by atoms with Gasteiger partial charge in [0.1, 0.15) is 11.2 Å². The van der Waals surface area contributed by atoms with Gasteiger partial charge in [-0.25, -0.2) is 9.97 Å². The maximum absolute atomic E-state index is 13.5. The predicted octanol–water partition coefficient (Wildman–Crippen LogP) is 5.66. The Kier molecular flexibility index (Phi) is 6.49. The van der Waals surface area contributed by atoms with Gasteiger partial charge in [0.2, 0.25) is 0 Å². The summed E-state index contributed by atoms with van der Waals surface area (Å²) in [6.45, 7) is 1.94. The monoisotopic (exact) mass is 472 g/mol. The first-order chi connectivity index (χ1) is 17.6. The minimum absolute atomic E-state index is 0.201. The van der Waals surface area contributed by atoms with E-state index in [2.05, 4.69) is 15.3 Å². The molecular weight excluding hydrogens is 448 g/mol. The molecule has 0 spiro atoms. The molecule has 2 aromatic heterocycles. The summed E-state index contributed by atoms with van der Waals surface area (Å²) in [5.41, 5.74) is 5.16. The highest BCUT2D eigenvalue weighted by molar-refractivity contribution is 6.04. The molecule has 5 rings (SSSR count). The third-order valence-electron chi connectivity index (χ3n) is 5.79.